The van der Waals surface area contributed by atoms with Crippen LogP contribution in [0.2, 0.25) is 0 Å². The zero-order chi connectivity index (χ0) is 34.2. The molecule has 4 N–H and O–H groups in total. The molecule has 0 saturated carbocycles. The second kappa shape index (κ2) is 15.7. The van der Waals surface area contributed by atoms with E-state index in [4.69, 9.17) is 4.74 Å². The van der Waals surface area contributed by atoms with E-state index < -0.39 is 17.1 Å². The largest absolute Gasteiger partial charge is 0.508 e. The number of phenols is 1. The Morgan fingerprint density at radius 3 is 2.62 bits per heavy atom. The van der Waals surface area contributed by atoms with Gasteiger partial charge in [-0.05, 0) is 85.7 Å². The number of nitriles is 1. The Labute approximate surface area is 288 Å². The van der Waals surface area contributed by atoms with Crippen molar-refractivity contribution in [1.29, 1.82) is 5.26 Å². The number of phenolic OH excluding ortho intramolecular Hbond substituents is 1. The molecule has 3 amide bonds. The van der Waals surface area contributed by atoms with Crippen molar-refractivity contribution in [3.8, 4) is 17.6 Å². The van der Waals surface area contributed by atoms with Crippen LogP contribution in [0.5, 0.6) is 11.5 Å². The Balaban J connectivity index is 1.33. The molecule has 1 heterocycles. The number of hydrogen-bond acceptors (Lipinski definition) is 8. The summed E-state index contributed by atoms with van der Waals surface area (Å²) in [4.78, 5) is 42.1. The zero-order valence-electron chi connectivity index (χ0n) is 26.8. The minimum absolute atomic E-state index is 0.00801. The molecule has 1 aliphatic rings. The van der Waals surface area contributed by atoms with Crippen molar-refractivity contribution in [3.05, 3.63) is 106 Å². The van der Waals surface area contributed by atoms with E-state index in [1.807, 2.05) is 13.0 Å². The van der Waals surface area contributed by atoms with Gasteiger partial charge in [0.05, 0.1) is 17.9 Å². The topological polar surface area (TPSA) is 141 Å². The van der Waals surface area contributed by atoms with Gasteiger partial charge in [-0.3, -0.25) is 14.4 Å². The number of thiophene rings is 1. The summed E-state index contributed by atoms with van der Waals surface area (Å²) in [6, 6.07) is 22.4. The average Bonchev–Trinajstić information content (AvgIpc) is 3.43. The van der Waals surface area contributed by atoms with Crippen LogP contribution in [-0.4, -0.2) is 35.2 Å². The third kappa shape index (κ3) is 8.26. The van der Waals surface area contributed by atoms with Gasteiger partial charge < -0.3 is 25.8 Å². The molecule has 0 aliphatic heterocycles. The van der Waals surface area contributed by atoms with Crippen molar-refractivity contribution in [2.45, 2.75) is 49.7 Å². The number of hydrogen-bond donors (Lipinski definition) is 4. The first-order valence-corrected chi connectivity index (χ1v) is 17.3. The van der Waals surface area contributed by atoms with Crippen LogP contribution >= 0.6 is 23.1 Å². The van der Waals surface area contributed by atoms with Crippen LogP contribution in [0.1, 0.15) is 58.6 Å². The molecule has 246 valence electrons. The fourth-order valence-electron chi connectivity index (χ4n) is 5.40. The normalized spacial score (nSPS) is 14.6. The number of amides is 3. The maximum Gasteiger partial charge on any atom is 0.272 e. The first-order valence-electron chi connectivity index (χ1n) is 15.6. The summed E-state index contributed by atoms with van der Waals surface area (Å²) in [5, 5.41) is 28.5. The van der Waals surface area contributed by atoms with E-state index in [9.17, 15) is 24.8 Å². The highest BCUT2D eigenvalue weighted by molar-refractivity contribution is 8.00. The Kier molecular flexibility index (Phi) is 11.2. The van der Waals surface area contributed by atoms with Crippen LogP contribution in [-0.2, 0) is 22.4 Å². The Hall–Kier alpha value is -5.05. The van der Waals surface area contributed by atoms with E-state index in [1.54, 1.807) is 54.6 Å². The van der Waals surface area contributed by atoms with Gasteiger partial charge in [-0.1, -0.05) is 38.1 Å². The van der Waals surface area contributed by atoms with Crippen molar-refractivity contribution in [2.24, 2.45) is 5.92 Å². The highest BCUT2D eigenvalue weighted by atomic mass is 32.2. The molecular formula is C37H36N4O5S2. The number of thioether (sulfide) groups is 1. The molecule has 11 heteroatoms. The highest BCUT2D eigenvalue weighted by Crippen LogP contribution is 2.40. The molecule has 1 aliphatic carbocycles. The van der Waals surface area contributed by atoms with Crippen molar-refractivity contribution in [3.63, 3.8) is 0 Å². The van der Waals surface area contributed by atoms with Gasteiger partial charge in [0.25, 0.3) is 11.8 Å². The Morgan fingerprint density at radius 1 is 1.10 bits per heavy atom. The van der Waals surface area contributed by atoms with E-state index >= 15 is 0 Å². The first kappa shape index (κ1) is 34.3. The van der Waals surface area contributed by atoms with Gasteiger partial charge >= 0.3 is 0 Å². The lowest BCUT2D eigenvalue weighted by Gasteiger charge is -2.17. The number of benzene rings is 3. The number of aromatic hydroxyl groups is 1. The number of anilines is 2. The Morgan fingerprint density at radius 2 is 1.90 bits per heavy atom. The van der Waals surface area contributed by atoms with E-state index in [0.717, 1.165) is 29.7 Å². The van der Waals surface area contributed by atoms with E-state index in [0.29, 0.717) is 45.5 Å². The Bertz CT molecular complexity index is 1900. The van der Waals surface area contributed by atoms with Gasteiger partial charge in [0.15, 0.2) is 0 Å². The number of methoxy groups -OCH3 is 1. The van der Waals surface area contributed by atoms with E-state index in [-0.39, 0.29) is 17.4 Å². The summed E-state index contributed by atoms with van der Waals surface area (Å²) in [5.41, 5.74) is 2.90. The zero-order valence-corrected chi connectivity index (χ0v) is 28.5. The smallest absolute Gasteiger partial charge is 0.272 e. The molecule has 1 aromatic heterocycles. The van der Waals surface area contributed by atoms with E-state index in [2.05, 4.69) is 28.9 Å². The lowest BCUT2D eigenvalue weighted by Crippen LogP contribution is -2.30. The molecule has 0 fully saturated rings. The lowest BCUT2D eigenvalue weighted by molar-refractivity contribution is -0.116. The molecule has 0 saturated heterocycles. The summed E-state index contributed by atoms with van der Waals surface area (Å²) >= 11 is 2.87. The number of nitrogens with one attached hydrogen (secondary N) is 3. The quantitative estimate of drug-likeness (QED) is 0.0957. The van der Waals surface area contributed by atoms with Crippen molar-refractivity contribution >= 4 is 57.6 Å². The van der Waals surface area contributed by atoms with Crippen molar-refractivity contribution in [1.82, 2.24) is 5.32 Å². The lowest BCUT2D eigenvalue weighted by atomic mass is 9.88. The third-order valence-electron chi connectivity index (χ3n) is 7.94. The predicted molar refractivity (Wildman–Crippen MR) is 190 cm³/mol. The maximum absolute atomic E-state index is 13.6. The van der Waals surface area contributed by atoms with Gasteiger partial charge in [-0.25, -0.2) is 0 Å². The van der Waals surface area contributed by atoms with Crippen LogP contribution in [0.25, 0.3) is 6.08 Å². The number of rotatable bonds is 11. The standard InChI is InChI=1S/C37H36N4O5S2/c1-4-32(36(45)41-37-29(21-38)28-16-13-22(2)17-33(28)48-37)47-27-12-8-11-25(19-27)39-35(44)30(40-34(43)23-9-6-5-7-10-23)18-24-14-15-26(42)20-31(24)46-3/h5-12,14-15,18-20,22,32,42H,4,13,16-17H2,1-3H3,(H,39,44)(H,40,43)(H,41,45)/b30-18+. The van der Waals surface area contributed by atoms with Crippen LogP contribution in [0.4, 0.5) is 10.7 Å². The minimum atomic E-state index is -0.582. The SMILES string of the molecule is CCC(Sc1cccc(NC(=O)/C(=C\c2ccc(O)cc2OC)NC(=O)c2ccccc2)c1)C(=O)Nc1sc2c(c1C#N)CCC(C)C2. The second-order valence-electron chi connectivity index (χ2n) is 11.5. The average molecular weight is 681 g/mol. The third-order valence-corrected chi connectivity index (χ3v) is 10.5. The summed E-state index contributed by atoms with van der Waals surface area (Å²) in [7, 11) is 1.44. The summed E-state index contributed by atoms with van der Waals surface area (Å²) in [6.07, 6.45) is 4.83. The molecule has 2 atom stereocenters. The fraction of sp³-hybridized carbons (Fsp3) is 0.243. The van der Waals surface area contributed by atoms with Crippen LogP contribution in [0.3, 0.4) is 0 Å². The summed E-state index contributed by atoms with van der Waals surface area (Å²) < 4.78 is 5.37. The molecule has 0 spiro atoms. The number of carbonyl (C=O) groups is 3. The molecular weight excluding hydrogens is 645 g/mol. The number of fused-ring (bicyclic) bond motifs is 1. The van der Waals surface area contributed by atoms with Gasteiger partial charge in [-0.15, -0.1) is 23.1 Å². The molecule has 3 aromatic carbocycles. The molecule has 4 aromatic rings. The minimum Gasteiger partial charge on any atom is -0.508 e. The van der Waals surface area contributed by atoms with Crippen LogP contribution in [0, 0.1) is 17.2 Å². The van der Waals surface area contributed by atoms with Gasteiger partial charge in [-0.2, -0.15) is 5.26 Å². The number of ether oxygens (including phenoxy) is 1. The summed E-state index contributed by atoms with van der Waals surface area (Å²) in [5.74, 6) is -0.378. The van der Waals surface area contributed by atoms with E-state index in [1.165, 1.54) is 53.3 Å². The predicted octanol–water partition coefficient (Wildman–Crippen LogP) is 7.38. The van der Waals surface area contributed by atoms with Gasteiger partial charge in [0.2, 0.25) is 5.91 Å². The monoisotopic (exact) mass is 680 g/mol. The highest BCUT2D eigenvalue weighted by Gasteiger charge is 2.27. The van der Waals surface area contributed by atoms with Crippen molar-refractivity contribution < 1.29 is 24.2 Å². The fourth-order valence-corrected chi connectivity index (χ4v) is 7.78. The molecule has 5 rings (SSSR count). The molecule has 0 radical (unpaired) electrons. The summed E-state index contributed by atoms with van der Waals surface area (Å²) in [6.45, 7) is 4.14. The molecule has 0 bridgehead atoms. The molecule has 9 nitrogen and oxygen atoms in total. The molecule has 48 heavy (non-hydrogen) atoms. The number of nitrogens with zero attached hydrogens (tertiary/aromatic N) is 1. The second-order valence-corrected chi connectivity index (χ2v) is 13.8. The number of carbonyl (C=O) groups excluding carboxylic acids is 3. The molecule has 2 unspecified atom stereocenters. The first-order chi connectivity index (χ1) is 23.2. The van der Waals surface area contributed by atoms with Gasteiger partial charge in [0, 0.05) is 32.7 Å². The van der Waals surface area contributed by atoms with Crippen molar-refractivity contribution in [2.75, 3.05) is 17.7 Å². The van der Waals surface area contributed by atoms with Crippen LogP contribution < -0.4 is 20.7 Å². The van der Waals surface area contributed by atoms with Crippen LogP contribution in [0.15, 0.2) is 83.4 Å². The maximum atomic E-state index is 13.6. The van der Waals surface area contributed by atoms with Gasteiger partial charge in [0.1, 0.15) is 28.3 Å².